The van der Waals surface area contributed by atoms with Crippen LogP contribution in [0.5, 0.6) is 0 Å². The second kappa shape index (κ2) is 4.09. The maximum absolute atomic E-state index is 10.8. The van der Waals surface area contributed by atoms with E-state index in [0.717, 1.165) is 25.7 Å². The Hall–Kier alpha value is -0.570. The summed E-state index contributed by atoms with van der Waals surface area (Å²) in [5.74, 6) is 0.428. The molecule has 0 saturated heterocycles. The van der Waals surface area contributed by atoms with Crippen molar-refractivity contribution in [2.45, 2.75) is 51.0 Å². The van der Waals surface area contributed by atoms with Gasteiger partial charge in [-0.2, -0.15) is 0 Å². The standard InChI is InChI=1S/C10H20N2O/c1-2-8-4-3-5-10(12,6-8)7-9(11)13/h8H,2-7,12H2,1H3,(H2,11,13). The predicted molar refractivity (Wildman–Crippen MR) is 53.0 cm³/mol. The van der Waals surface area contributed by atoms with Gasteiger partial charge in [-0.05, 0) is 18.8 Å². The molecule has 1 aliphatic carbocycles. The van der Waals surface area contributed by atoms with Crippen LogP contribution in [0, 0.1) is 5.92 Å². The summed E-state index contributed by atoms with van der Waals surface area (Å²) in [6.45, 7) is 2.18. The average molecular weight is 184 g/mol. The highest BCUT2D eigenvalue weighted by Crippen LogP contribution is 2.34. The van der Waals surface area contributed by atoms with Gasteiger partial charge >= 0.3 is 0 Å². The summed E-state index contributed by atoms with van der Waals surface area (Å²) in [6.07, 6.45) is 5.83. The predicted octanol–water partition coefficient (Wildman–Crippen LogP) is 1.16. The van der Waals surface area contributed by atoms with Crippen LogP contribution in [0.15, 0.2) is 0 Å². The highest BCUT2D eigenvalue weighted by atomic mass is 16.1. The summed E-state index contributed by atoms with van der Waals surface area (Å²) < 4.78 is 0. The average Bonchev–Trinajstić information content (AvgIpc) is 2.02. The van der Waals surface area contributed by atoms with Gasteiger partial charge in [0, 0.05) is 12.0 Å². The summed E-state index contributed by atoms with van der Waals surface area (Å²) in [5.41, 5.74) is 11.0. The van der Waals surface area contributed by atoms with Crippen LogP contribution < -0.4 is 11.5 Å². The first kappa shape index (κ1) is 10.5. The Kier molecular flexibility index (Phi) is 3.31. The van der Waals surface area contributed by atoms with Gasteiger partial charge in [-0.25, -0.2) is 0 Å². The molecule has 3 heteroatoms. The largest absolute Gasteiger partial charge is 0.370 e. The molecule has 13 heavy (non-hydrogen) atoms. The monoisotopic (exact) mass is 184 g/mol. The van der Waals surface area contributed by atoms with Gasteiger partial charge in [0.1, 0.15) is 0 Å². The summed E-state index contributed by atoms with van der Waals surface area (Å²) in [7, 11) is 0. The van der Waals surface area contributed by atoms with E-state index >= 15 is 0 Å². The van der Waals surface area contributed by atoms with E-state index < -0.39 is 0 Å². The molecule has 2 unspecified atom stereocenters. The molecule has 4 N–H and O–H groups in total. The number of amides is 1. The molecule has 0 radical (unpaired) electrons. The van der Waals surface area contributed by atoms with Crippen molar-refractivity contribution in [2.24, 2.45) is 17.4 Å². The lowest BCUT2D eigenvalue weighted by atomic mass is 9.73. The van der Waals surface area contributed by atoms with Gasteiger partial charge < -0.3 is 11.5 Å². The van der Waals surface area contributed by atoms with Crippen molar-refractivity contribution in [1.29, 1.82) is 0 Å². The fourth-order valence-corrected chi connectivity index (χ4v) is 2.38. The number of nitrogens with two attached hydrogens (primary N) is 2. The van der Waals surface area contributed by atoms with E-state index in [1.807, 2.05) is 0 Å². The quantitative estimate of drug-likeness (QED) is 0.691. The van der Waals surface area contributed by atoms with Gasteiger partial charge in [-0.1, -0.05) is 26.2 Å². The normalized spacial score (nSPS) is 34.5. The van der Waals surface area contributed by atoms with Crippen LogP contribution in [0.3, 0.4) is 0 Å². The van der Waals surface area contributed by atoms with E-state index in [1.54, 1.807) is 0 Å². The zero-order chi connectivity index (χ0) is 9.90. The Balaban J connectivity index is 2.51. The Morgan fingerprint density at radius 2 is 2.31 bits per heavy atom. The molecule has 0 aromatic carbocycles. The van der Waals surface area contributed by atoms with Crippen molar-refractivity contribution < 1.29 is 4.79 Å². The van der Waals surface area contributed by atoms with Crippen molar-refractivity contribution in [3.05, 3.63) is 0 Å². The van der Waals surface area contributed by atoms with E-state index in [2.05, 4.69) is 6.92 Å². The van der Waals surface area contributed by atoms with E-state index in [0.29, 0.717) is 12.3 Å². The van der Waals surface area contributed by atoms with Crippen LogP contribution in [0.4, 0.5) is 0 Å². The van der Waals surface area contributed by atoms with Gasteiger partial charge in [-0.3, -0.25) is 4.79 Å². The molecule has 0 bridgehead atoms. The molecular formula is C10H20N2O. The second-order valence-corrected chi connectivity index (χ2v) is 4.38. The van der Waals surface area contributed by atoms with Crippen LogP contribution in [0.2, 0.25) is 0 Å². The zero-order valence-corrected chi connectivity index (χ0v) is 8.38. The number of carbonyl (C=O) groups excluding carboxylic acids is 1. The van der Waals surface area contributed by atoms with Crippen molar-refractivity contribution in [3.8, 4) is 0 Å². The molecule has 2 atom stereocenters. The number of carbonyl (C=O) groups is 1. The van der Waals surface area contributed by atoms with Crippen molar-refractivity contribution in [1.82, 2.24) is 0 Å². The topological polar surface area (TPSA) is 69.1 Å². The van der Waals surface area contributed by atoms with Gasteiger partial charge in [0.15, 0.2) is 0 Å². The fourth-order valence-electron chi connectivity index (χ4n) is 2.38. The highest BCUT2D eigenvalue weighted by molar-refractivity contribution is 5.75. The van der Waals surface area contributed by atoms with Gasteiger partial charge in [0.25, 0.3) is 0 Å². The molecule has 0 aromatic rings. The van der Waals surface area contributed by atoms with Crippen LogP contribution in [-0.2, 0) is 4.79 Å². The van der Waals surface area contributed by atoms with Crippen molar-refractivity contribution in [3.63, 3.8) is 0 Å². The molecule has 0 spiro atoms. The van der Waals surface area contributed by atoms with Crippen LogP contribution in [0.1, 0.15) is 45.4 Å². The fraction of sp³-hybridized carbons (Fsp3) is 0.900. The summed E-state index contributed by atoms with van der Waals surface area (Å²) in [6, 6.07) is 0. The summed E-state index contributed by atoms with van der Waals surface area (Å²) in [5, 5.41) is 0. The van der Waals surface area contributed by atoms with Crippen molar-refractivity contribution >= 4 is 5.91 Å². The molecule has 0 aromatic heterocycles. The van der Waals surface area contributed by atoms with Crippen LogP contribution in [-0.4, -0.2) is 11.4 Å². The second-order valence-electron chi connectivity index (χ2n) is 4.38. The molecule has 1 rings (SSSR count). The first-order valence-corrected chi connectivity index (χ1v) is 5.13. The molecular weight excluding hydrogens is 164 g/mol. The van der Waals surface area contributed by atoms with E-state index in [9.17, 15) is 4.79 Å². The molecule has 1 aliphatic rings. The third-order valence-electron chi connectivity index (χ3n) is 3.09. The number of hydrogen-bond donors (Lipinski definition) is 2. The lowest BCUT2D eigenvalue weighted by Gasteiger charge is -2.37. The zero-order valence-electron chi connectivity index (χ0n) is 8.38. The smallest absolute Gasteiger partial charge is 0.219 e. The number of primary amides is 1. The SMILES string of the molecule is CCC1CCCC(N)(CC(N)=O)C1. The van der Waals surface area contributed by atoms with Crippen LogP contribution in [0.25, 0.3) is 0 Å². The highest BCUT2D eigenvalue weighted by Gasteiger charge is 2.33. The first-order valence-electron chi connectivity index (χ1n) is 5.13. The molecule has 0 aliphatic heterocycles. The molecule has 1 saturated carbocycles. The number of rotatable bonds is 3. The van der Waals surface area contributed by atoms with Gasteiger partial charge in [0.05, 0.1) is 0 Å². The third-order valence-corrected chi connectivity index (χ3v) is 3.09. The minimum Gasteiger partial charge on any atom is -0.370 e. The van der Waals surface area contributed by atoms with Crippen molar-refractivity contribution in [2.75, 3.05) is 0 Å². The number of hydrogen-bond acceptors (Lipinski definition) is 2. The summed E-state index contributed by atoms with van der Waals surface area (Å²) in [4.78, 5) is 10.8. The maximum Gasteiger partial charge on any atom is 0.219 e. The van der Waals surface area contributed by atoms with E-state index in [-0.39, 0.29) is 11.4 Å². The van der Waals surface area contributed by atoms with Gasteiger partial charge in [0.2, 0.25) is 5.91 Å². The Bertz CT molecular complexity index is 193. The Labute approximate surface area is 79.9 Å². The molecule has 76 valence electrons. The molecule has 1 amide bonds. The molecule has 0 heterocycles. The van der Waals surface area contributed by atoms with E-state index in [4.69, 9.17) is 11.5 Å². The molecule has 3 nitrogen and oxygen atoms in total. The Morgan fingerprint density at radius 1 is 1.62 bits per heavy atom. The molecule has 1 fully saturated rings. The lowest BCUT2D eigenvalue weighted by molar-refractivity contribution is -0.119. The summed E-state index contributed by atoms with van der Waals surface area (Å²) >= 11 is 0. The third kappa shape index (κ3) is 2.99. The van der Waals surface area contributed by atoms with Crippen LogP contribution >= 0.6 is 0 Å². The minimum absolute atomic E-state index is 0.265. The van der Waals surface area contributed by atoms with Gasteiger partial charge in [-0.15, -0.1) is 0 Å². The maximum atomic E-state index is 10.8. The first-order chi connectivity index (χ1) is 6.06. The lowest BCUT2D eigenvalue weighted by Crippen LogP contribution is -2.47. The minimum atomic E-state index is -0.301. The Morgan fingerprint density at radius 3 is 2.85 bits per heavy atom. The van der Waals surface area contributed by atoms with E-state index in [1.165, 1.54) is 6.42 Å².